The first-order valence-electron chi connectivity index (χ1n) is 4.59. The number of nitrogens with zero attached hydrogens (tertiary/aromatic N) is 1. The maximum absolute atomic E-state index is 10.9. The summed E-state index contributed by atoms with van der Waals surface area (Å²) in [6.07, 6.45) is 0.307. The van der Waals surface area contributed by atoms with Crippen LogP contribution < -0.4 is 0 Å². The predicted molar refractivity (Wildman–Crippen MR) is 54.8 cm³/mol. The number of carbonyl (C=O) groups excluding carboxylic acids is 1. The number of benzene rings is 1. The van der Waals surface area contributed by atoms with Gasteiger partial charge in [-0.3, -0.25) is 4.79 Å². The van der Waals surface area contributed by atoms with Crippen molar-refractivity contribution in [1.82, 2.24) is 0 Å². The molecule has 0 saturated heterocycles. The molecule has 0 N–H and O–H groups in total. The Balaban J connectivity index is 2.96. The second-order valence-corrected chi connectivity index (χ2v) is 3.44. The molecule has 1 aromatic rings. The molecular formula is C12H13NO. The van der Waals surface area contributed by atoms with Crippen LogP contribution in [0.3, 0.4) is 0 Å². The maximum atomic E-state index is 10.9. The Morgan fingerprint density at radius 3 is 2.64 bits per heavy atom. The van der Waals surface area contributed by atoms with E-state index in [9.17, 15) is 4.79 Å². The van der Waals surface area contributed by atoms with Crippen LogP contribution in [0.2, 0.25) is 0 Å². The van der Waals surface area contributed by atoms with E-state index in [0.717, 1.165) is 11.1 Å². The summed E-state index contributed by atoms with van der Waals surface area (Å²) < 4.78 is 0. The fraction of sp³-hybridized carbons (Fsp3) is 0.333. The summed E-state index contributed by atoms with van der Waals surface area (Å²) in [7, 11) is 0. The van der Waals surface area contributed by atoms with Gasteiger partial charge in [-0.25, -0.2) is 0 Å². The van der Waals surface area contributed by atoms with Gasteiger partial charge in [-0.15, -0.1) is 0 Å². The molecule has 0 aliphatic carbocycles. The zero-order valence-electron chi connectivity index (χ0n) is 8.45. The average molecular weight is 187 g/mol. The molecule has 1 rings (SSSR count). The topological polar surface area (TPSA) is 40.9 Å². The number of carbonyl (C=O) groups is 1. The van der Waals surface area contributed by atoms with Gasteiger partial charge in [0, 0.05) is 6.42 Å². The van der Waals surface area contributed by atoms with Gasteiger partial charge in [0.1, 0.15) is 5.78 Å². The fourth-order valence-corrected chi connectivity index (χ4v) is 1.49. The molecular weight excluding hydrogens is 174 g/mol. The predicted octanol–water partition coefficient (Wildman–Crippen LogP) is 2.58. The van der Waals surface area contributed by atoms with E-state index in [0.29, 0.717) is 6.42 Å². The Hall–Kier alpha value is -1.62. The largest absolute Gasteiger partial charge is 0.300 e. The van der Waals surface area contributed by atoms with Crippen LogP contribution in [0.5, 0.6) is 0 Å². The fourth-order valence-electron chi connectivity index (χ4n) is 1.49. The standard InChI is InChI=1S/C12H13NO/c1-9-5-3-4-6-12(9)11(8-13)7-10(2)14/h3-6,11H,7H2,1-2H3. The molecule has 0 saturated carbocycles. The van der Waals surface area contributed by atoms with Crippen molar-refractivity contribution < 1.29 is 4.79 Å². The monoisotopic (exact) mass is 187 g/mol. The quantitative estimate of drug-likeness (QED) is 0.729. The molecule has 0 aliphatic rings. The highest BCUT2D eigenvalue weighted by Gasteiger charge is 2.14. The third-order valence-corrected chi connectivity index (χ3v) is 2.21. The van der Waals surface area contributed by atoms with Crippen LogP contribution in [-0.2, 0) is 4.79 Å². The van der Waals surface area contributed by atoms with Crippen molar-refractivity contribution in [1.29, 1.82) is 5.26 Å². The zero-order chi connectivity index (χ0) is 10.6. The highest BCUT2D eigenvalue weighted by atomic mass is 16.1. The summed E-state index contributed by atoms with van der Waals surface area (Å²) >= 11 is 0. The van der Waals surface area contributed by atoms with E-state index >= 15 is 0 Å². The highest BCUT2D eigenvalue weighted by molar-refractivity contribution is 5.77. The average Bonchev–Trinajstić information content (AvgIpc) is 2.15. The van der Waals surface area contributed by atoms with Gasteiger partial charge in [-0.1, -0.05) is 24.3 Å². The minimum absolute atomic E-state index is 0.0554. The number of rotatable bonds is 3. The molecule has 72 valence electrons. The highest BCUT2D eigenvalue weighted by Crippen LogP contribution is 2.22. The summed E-state index contributed by atoms with van der Waals surface area (Å²) in [6, 6.07) is 9.86. The summed E-state index contributed by atoms with van der Waals surface area (Å²) in [5.41, 5.74) is 2.03. The smallest absolute Gasteiger partial charge is 0.131 e. The molecule has 0 amide bonds. The van der Waals surface area contributed by atoms with Crippen LogP contribution in [0, 0.1) is 18.3 Å². The molecule has 1 aromatic carbocycles. The summed E-state index contributed by atoms with van der Waals surface area (Å²) in [4.78, 5) is 10.9. The van der Waals surface area contributed by atoms with E-state index in [1.165, 1.54) is 6.92 Å². The van der Waals surface area contributed by atoms with E-state index in [1.54, 1.807) is 0 Å². The van der Waals surface area contributed by atoms with Crippen molar-refractivity contribution in [3.63, 3.8) is 0 Å². The van der Waals surface area contributed by atoms with Gasteiger partial charge in [-0.05, 0) is 25.0 Å². The number of Topliss-reactive ketones (excluding diaryl/α,β-unsaturated/α-hetero) is 1. The van der Waals surface area contributed by atoms with Crippen molar-refractivity contribution in [2.24, 2.45) is 0 Å². The molecule has 1 atom stereocenters. The van der Waals surface area contributed by atoms with Gasteiger partial charge in [0.2, 0.25) is 0 Å². The van der Waals surface area contributed by atoms with E-state index in [2.05, 4.69) is 6.07 Å². The minimum Gasteiger partial charge on any atom is -0.300 e. The van der Waals surface area contributed by atoms with Gasteiger partial charge in [0.25, 0.3) is 0 Å². The lowest BCUT2D eigenvalue weighted by atomic mass is 9.92. The van der Waals surface area contributed by atoms with Crippen molar-refractivity contribution in [2.75, 3.05) is 0 Å². The molecule has 0 aliphatic heterocycles. The van der Waals surface area contributed by atoms with Crippen molar-refractivity contribution in [3.8, 4) is 6.07 Å². The minimum atomic E-state index is -0.298. The first kappa shape index (κ1) is 10.5. The Labute approximate surface area is 84.2 Å². The lowest BCUT2D eigenvalue weighted by Gasteiger charge is -2.09. The molecule has 0 bridgehead atoms. The molecule has 2 heteroatoms. The molecule has 14 heavy (non-hydrogen) atoms. The van der Waals surface area contributed by atoms with E-state index in [-0.39, 0.29) is 11.7 Å². The first-order chi connectivity index (χ1) is 6.65. The normalized spacial score (nSPS) is 11.8. The summed E-state index contributed by atoms with van der Waals surface area (Å²) in [5, 5.41) is 8.95. The van der Waals surface area contributed by atoms with Crippen LogP contribution in [0.25, 0.3) is 0 Å². The van der Waals surface area contributed by atoms with Crippen LogP contribution >= 0.6 is 0 Å². The SMILES string of the molecule is CC(=O)CC(C#N)c1ccccc1C. The second-order valence-electron chi connectivity index (χ2n) is 3.44. The van der Waals surface area contributed by atoms with E-state index in [4.69, 9.17) is 5.26 Å². The first-order valence-corrected chi connectivity index (χ1v) is 4.59. The van der Waals surface area contributed by atoms with Gasteiger partial charge >= 0.3 is 0 Å². The Morgan fingerprint density at radius 2 is 2.14 bits per heavy atom. The maximum Gasteiger partial charge on any atom is 0.131 e. The lowest BCUT2D eigenvalue weighted by Crippen LogP contribution is -2.03. The zero-order valence-corrected chi connectivity index (χ0v) is 8.45. The molecule has 0 radical (unpaired) electrons. The number of ketones is 1. The molecule has 1 unspecified atom stereocenters. The second kappa shape index (κ2) is 4.57. The van der Waals surface area contributed by atoms with Crippen molar-refractivity contribution >= 4 is 5.78 Å². The summed E-state index contributed by atoms with van der Waals surface area (Å²) in [5.74, 6) is -0.242. The molecule has 0 fully saturated rings. The number of aryl methyl sites for hydroxylation is 1. The third-order valence-electron chi connectivity index (χ3n) is 2.21. The van der Waals surface area contributed by atoms with Gasteiger partial charge in [0.05, 0.1) is 12.0 Å². The molecule has 2 nitrogen and oxygen atoms in total. The number of hydrogen-bond donors (Lipinski definition) is 0. The van der Waals surface area contributed by atoms with E-state index < -0.39 is 0 Å². The molecule has 0 heterocycles. The number of hydrogen-bond acceptors (Lipinski definition) is 2. The lowest BCUT2D eigenvalue weighted by molar-refractivity contribution is -0.117. The van der Waals surface area contributed by atoms with Gasteiger partial charge < -0.3 is 0 Å². The van der Waals surface area contributed by atoms with Crippen LogP contribution in [-0.4, -0.2) is 5.78 Å². The van der Waals surface area contributed by atoms with Gasteiger partial charge in [0.15, 0.2) is 0 Å². The molecule has 0 spiro atoms. The van der Waals surface area contributed by atoms with Crippen LogP contribution in [0.1, 0.15) is 30.4 Å². The van der Waals surface area contributed by atoms with Gasteiger partial charge in [-0.2, -0.15) is 5.26 Å². The Bertz CT molecular complexity index is 376. The van der Waals surface area contributed by atoms with Crippen LogP contribution in [0.4, 0.5) is 0 Å². The summed E-state index contributed by atoms with van der Waals surface area (Å²) in [6.45, 7) is 3.47. The third kappa shape index (κ3) is 2.43. The van der Waals surface area contributed by atoms with Crippen LogP contribution in [0.15, 0.2) is 24.3 Å². The number of nitriles is 1. The van der Waals surface area contributed by atoms with Crippen molar-refractivity contribution in [2.45, 2.75) is 26.2 Å². The van der Waals surface area contributed by atoms with E-state index in [1.807, 2.05) is 31.2 Å². The van der Waals surface area contributed by atoms with Crippen molar-refractivity contribution in [3.05, 3.63) is 35.4 Å². The molecule has 0 aromatic heterocycles. The Morgan fingerprint density at radius 1 is 1.50 bits per heavy atom. The Kier molecular flexibility index (Phi) is 3.41.